The zero-order valence-electron chi connectivity index (χ0n) is 15.8. The van der Waals surface area contributed by atoms with E-state index >= 15 is 0 Å². The number of rotatable bonds is 8. The van der Waals surface area contributed by atoms with Gasteiger partial charge in [0.2, 0.25) is 5.78 Å². The van der Waals surface area contributed by atoms with Crippen molar-refractivity contribution in [3.05, 3.63) is 63.6 Å². The summed E-state index contributed by atoms with van der Waals surface area (Å²) in [6.07, 6.45) is 0.645. The van der Waals surface area contributed by atoms with Crippen LogP contribution >= 0.6 is 11.3 Å². The zero-order valence-corrected chi connectivity index (χ0v) is 16.6. The van der Waals surface area contributed by atoms with Gasteiger partial charge in [-0.25, -0.2) is 0 Å². The molecule has 6 nitrogen and oxygen atoms in total. The Bertz CT molecular complexity index is 888. The summed E-state index contributed by atoms with van der Waals surface area (Å²) in [6.45, 7) is 4.64. The van der Waals surface area contributed by atoms with Crippen molar-refractivity contribution in [2.75, 3.05) is 13.2 Å². The third kappa shape index (κ3) is 4.10. The SMILES string of the molecule is CC(C)OCCCN1C(=O)C(O)=C(C(=O)c2cccs2)[C@@H]1c1cccc(O)c1. The van der Waals surface area contributed by atoms with Gasteiger partial charge in [0.1, 0.15) is 5.75 Å². The fourth-order valence-electron chi connectivity index (χ4n) is 3.25. The van der Waals surface area contributed by atoms with Gasteiger partial charge in [-0.3, -0.25) is 9.59 Å². The first-order valence-corrected chi connectivity index (χ1v) is 10.0. The van der Waals surface area contributed by atoms with Crippen molar-refractivity contribution in [1.82, 2.24) is 4.90 Å². The molecule has 2 heterocycles. The molecule has 2 aromatic rings. The lowest BCUT2D eigenvalue weighted by molar-refractivity contribution is -0.129. The number of nitrogens with zero attached hydrogens (tertiary/aromatic N) is 1. The van der Waals surface area contributed by atoms with Gasteiger partial charge in [-0.2, -0.15) is 0 Å². The molecule has 28 heavy (non-hydrogen) atoms. The van der Waals surface area contributed by atoms with Crippen molar-refractivity contribution in [2.24, 2.45) is 0 Å². The molecular formula is C21H23NO5S. The van der Waals surface area contributed by atoms with Crippen LogP contribution in [-0.4, -0.2) is 46.1 Å². The van der Waals surface area contributed by atoms with Gasteiger partial charge in [0.25, 0.3) is 5.91 Å². The topological polar surface area (TPSA) is 87.1 Å². The number of phenolic OH excluding ortho intramolecular Hbond substituents is 1. The van der Waals surface area contributed by atoms with Gasteiger partial charge in [0, 0.05) is 13.2 Å². The predicted octanol–water partition coefficient (Wildman–Crippen LogP) is 3.85. The number of ketones is 1. The first-order valence-electron chi connectivity index (χ1n) is 9.13. The second kappa shape index (κ2) is 8.58. The first kappa shape index (κ1) is 20.1. The van der Waals surface area contributed by atoms with Crippen molar-refractivity contribution in [3.63, 3.8) is 0 Å². The molecule has 3 rings (SSSR count). The number of phenols is 1. The van der Waals surface area contributed by atoms with E-state index in [0.717, 1.165) is 0 Å². The summed E-state index contributed by atoms with van der Waals surface area (Å²) in [5.74, 6) is -1.47. The number of carbonyl (C=O) groups is 2. The van der Waals surface area contributed by atoms with E-state index < -0.39 is 17.7 Å². The Balaban J connectivity index is 1.94. The van der Waals surface area contributed by atoms with E-state index in [9.17, 15) is 19.8 Å². The maximum absolute atomic E-state index is 13.0. The molecule has 2 N–H and O–H groups in total. The quantitative estimate of drug-likeness (QED) is 0.518. The van der Waals surface area contributed by atoms with Crippen LogP contribution in [0.15, 0.2) is 53.1 Å². The standard InChI is InChI=1S/C21H23NO5S/c1-13(2)27-10-5-9-22-18(14-6-3-7-15(23)12-14)17(20(25)21(22)26)19(24)16-8-4-11-28-16/h3-4,6-8,11-13,18,23,25H,5,9-10H2,1-2H3/t18-/m0/s1. The van der Waals surface area contributed by atoms with Gasteiger partial charge in [-0.15, -0.1) is 11.3 Å². The Labute approximate surface area is 167 Å². The van der Waals surface area contributed by atoms with E-state index in [1.165, 1.54) is 28.4 Å². The zero-order chi connectivity index (χ0) is 20.3. The fraction of sp³-hybridized carbons (Fsp3) is 0.333. The van der Waals surface area contributed by atoms with Crippen molar-refractivity contribution in [1.29, 1.82) is 0 Å². The Kier molecular flexibility index (Phi) is 6.16. The molecule has 1 amide bonds. The second-order valence-electron chi connectivity index (χ2n) is 6.84. The Hall–Kier alpha value is -2.64. The Morgan fingerprint density at radius 3 is 2.68 bits per heavy atom. The highest BCUT2D eigenvalue weighted by atomic mass is 32.1. The maximum Gasteiger partial charge on any atom is 0.290 e. The number of hydrogen-bond donors (Lipinski definition) is 2. The summed E-state index contributed by atoms with van der Waals surface area (Å²) >= 11 is 1.25. The predicted molar refractivity (Wildman–Crippen MR) is 107 cm³/mol. The van der Waals surface area contributed by atoms with Crippen molar-refractivity contribution in [3.8, 4) is 5.75 Å². The summed E-state index contributed by atoms with van der Waals surface area (Å²) in [5.41, 5.74) is 0.616. The molecule has 0 unspecified atom stereocenters. The lowest BCUT2D eigenvalue weighted by Gasteiger charge is -2.27. The van der Waals surface area contributed by atoms with Gasteiger partial charge < -0.3 is 19.8 Å². The summed E-state index contributed by atoms with van der Waals surface area (Å²) in [4.78, 5) is 27.7. The average Bonchev–Trinajstić information content (AvgIpc) is 3.27. The molecule has 0 saturated heterocycles. The van der Waals surface area contributed by atoms with E-state index in [1.807, 2.05) is 13.8 Å². The number of aromatic hydroxyl groups is 1. The van der Waals surface area contributed by atoms with Gasteiger partial charge in [-0.05, 0) is 49.4 Å². The average molecular weight is 401 g/mol. The number of aliphatic hydroxyl groups is 1. The van der Waals surface area contributed by atoms with Gasteiger partial charge >= 0.3 is 0 Å². The summed E-state index contributed by atoms with van der Waals surface area (Å²) in [6, 6.07) is 9.06. The number of thiophene rings is 1. The van der Waals surface area contributed by atoms with Crippen molar-refractivity contribution in [2.45, 2.75) is 32.4 Å². The van der Waals surface area contributed by atoms with Crippen LogP contribution in [0, 0.1) is 0 Å². The minimum atomic E-state index is -0.756. The van der Waals surface area contributed by atoms with E-state index in [2.05, 4.69) is 0 Å². The smallest absolute Gasteiger partial charge is 0.290 e. The monoisotopic (exact) mass is 401 g/mol. The van der Waals surface area contributed by atoms with Crippen LogP contribution in [0.2, 0.25) is 0 Å². The number of Topliss-reactive ketones (excluding diaryl/α,β-unsaturated/α-hetero) is 1. The first-order chi connectivity index (χ1) is 13.4. The molecule has 7 heteroatoms. The minimum absolute atomic E-state index is 0.0300. The molecule has 1 aromatic heterocycles. The molecule has 1 aliphatic heterocycles. The largest absolute Gasteiger partial charge is 0.508 e. The van der Waals surface area contributed by atoms with Crippen LogP contribution in [0.1, 0.15) is 41.5 Å². The van der Waals surface area contributed by atoms with Gasteiger partial charge in [-0.1, -0.05) is 18.2 Å². The lowest BCUT2D eigenvalue weighted by atomic mass is 9.95. The van der Waals surface area contributed by atoms with Crippen LogP contribution in [-0.2, 0) is 9.53 Å². The molecule has 148 valence electrons. The van der Waals surface area contributed by atoms with Crippen LogP contribution in [0.5, 0.6) is 5.75 Å². The third-order valence-corrected chi connectivity index (χ3v) is 5.34. The molecule has 1 atom stereocenters. The number of benzene rings is 1. The Morgan fingerprint density at radius 1 is 1.25 bits per heavy atom. The lowest BCUT2D eigenvalue weighted by Crippen LogP contribution is -2.32. The summed E-state index contributed by atoms with van der Waals surface area (Å²) in [7, 11) is 0. The number of amides is 1. The highest BCUT2D eigenvalue weighted by Gasteiger charge is 2.43. The molecule has 0 bridgehead atoms. The van der Waals surface area contributed by atoms with E-state index in [-0.39, 0.29) is 23.2 Å². The van der Waals surface area contributed by atoms with Gasteiger partial charge in [0.15, 0.2) is 5.76 Å². The fourth-order valence-corrected chi connectivity index (χ4v) is 3.93. The molecule has 0 fully saturated rings. The van der Waals surface area contributed by atoms with Crippen LogP contribution in [0.25, 0.3) is 0 Å². The summed E-state index contributed by atoms with van der Waals surface area (Å²) in [5, 5.41) is 22.2. The molecule has 0 saturated carbocycles. The highest BCUT2D eigenvalue weighted by Crippen LogP contribution is 2.40. The normalized spacial score (nSPS) is 17.0. The van der Waals surface area contributed by atoms with Crippen molar-refractivity contribution < 1.29 is 24.5 Å². The number of ether oxygens (including phenoxy) is 1. The molecule has 1 aromatic carbocycles. The molecular weight excluding hydrogens is 378 g/mol. The second-order valence-corrected chi connectivity index (χ2v) is 7.79. The molecule has 1 aliphatic rings. The number of hydrogen-bond acceptors (Lipinski definition) is 6. The highest BCUT2D eigenvalue weighted by molar-refractivity contribution is 7.12. The molecule has 0 spiro atoms. The van der Waals surface area contributed by atoms with Crippen LogP contribution < -0.4 is 0 Å². The van der Waals surface area contributed by atoms with Crippen LogP contribution in [0.4, 0.5) is 0 Å². The summed E-state index contributed by atoms with van der Waals surface area (Å²) < 4.78 is 5.54. The molecule has 0 aliphatic carbocycles. The van der Waals surface area contributed by atoms with E-state index in [0.29, 0.717) is 30.0 Å². The molecule has 0 radical (unpaired) electrons. The number of carbonyl (C=O) groups excluding carboxylic acids is 2. The minimum Gasteiger partial charge on any atom is -0.508 e. The van der Waals surface area contributed by atoms with Crippen molar-refractivity contribution >= 4 is 23.0 Å². The van der Waals surface area contributed by atoms with E-state index in [1.54, 1.807) is 29.6 Å². The van der Waals surface area contributed by atoms with E-state index in [4.69, 9.17) is 4.74 Å². The third-order valence-electron chi connectivity index (χ3n) is 4.47. The van der Waals surface area contributed by atoms with Crippen LogP contribution in [0.3, 0.4) is 0 Å². The maximum atomic E-state index is 13.0. The Morgan fingerprint density at radius 2 is 2.04 bits per heavy atom. The van der Waals surface area contributed by atoms with Gasteiger partial charge in [0.05, 0.1) is 22.6 Å². The number of aliphatic hydroxyl groups excluding tert-OH is 1.